The molecule has 0 aliphatic heterocycles. The molecule has 14 heavy (non-hydrogen) atoms. The van der Waals surface area contributed by atoms with Crippen molar-refractivity contribution >= 4 is 5.69 Å². The lowest BCUT2D eigenvalue weighted by molar-refractivity contribution is 1.20. The first-order valence-corrected chi connectivity index (χ1v) is 4.40. The van der Waals surface area contributed by atoms with Crippen molar-refractivity contribution in [3.63, 3.8) is 0 Å². The third-order valence-corrected chi connectivity index (χ3v) is 2.15. The van der Waals surface area contributed by atoms with Gasteiger partial charge in [0.05, 0.1) is 11.9 Å². The Morgan fingerprint density at radius 3 is 2.71 bits per heavy atom. The minimum absolute atomic E-state index is 0.684. The van der Waals surface area contributed by atoms with Gasteiger partial charge in [-0.2, -0.15) is 0 Å². The van der Waals surface area contributed by atoms with E-state index in [1.807, 2.05) is 25.1 Å². The summed E-state index contributed by atoms with van der Waals surface area (Å²) in [5.74, 6) is 0. The average Bonchev–Trinajstić information content (AvgIpc) is 2.20. The number of aromatic nitrogens is 2. The first-order chi connectivity index (χ1) is 6.79. The van der Waals surface area contributed by atoms with Crippen molar-refractivity contribution in [3.8, 4) is 11.1 Å². The molecule has 2 aromatic rings. The topological polar surface area (TPSA) is 51.8 Å². The first-order valence-electron chi connectivity index (χ1n) is 4.40. The minimum Gasteiger partial charge on any atom is -0.397 e. The molecule has 0 atom stereocenters. The Bertz CT molecular complexity index is 408. The van der Waals surface area contributed by atoms with E-state index < -0.39 is 0 Å². The standard InChI is InChI=1S/C11H11N3/c1-8-9(3-2-5-14-8)10-4-6-13-7-11(10)12/h2-7H,12H2,1H3. The van der Waals surface area contributed by atoms with Crippen molar-refractivity contribution in [2.45, 2.75) is 6.92 Å². The van der Waals surface area contributed by atoms with Gasteiger partial charge in [0.1, 0.15) is 0 Å². The fraction of sp³-hybridized carbons (Fsp3) is 0.0909. The maximum atomic E-state index is 5.83. The summed E-state index contributed by atoms with van der Waals surface area (Å²) in [6.07, 6.45) is 5.16. The molecule has 0 aliphatic carbocycles. The Morgan fingerprint density at radius 2 is 2.00 bits per heavy atom. The molecule has 2 rings (SSSR count). The number of anilines is 1. The van der Waals surface area contributed by atoms with E-state index in [-0.39, 0.29) is 0 Å². The first kappa shape index (κ1) is 8.69. The van der Waals surface area contributed by atoms with Crippen molar-refractivity contribution in [1.29, 1.82) is 0 Å². The molecule has 0 unspecified atom stereocenters. The maximum Gasteiger partial charge on any atom is 0.0580 e. The number of rotatable bonds is 1. The van der Waals surface area contributed by atoms with Gasteiger partial charge in [0.15, 0.2) is 0 Å². The smallest absolute Gasteiger partial charge is 0.0580 e. The van der Waals surface area contributed by atoms with E-state index in [1.54, 1.807) is 18.6 Å². The predicted molar refractivity (Wildman–Crippen MR) is 56.6 cm³/mol. The van der Waals surface area contributed by atoms with Crippen molar-refractivity contribution in [1.82, 2.24) is 9.97 Å². The van der Waals surface area contributed by atoms with Gasteiger partial charge in [-0.05, 0) is 19.1 Å². The molecule has 0 spiro atoms. The van der Waals surface area contributed by atoms with Gasteiger partial charge in [0, 0.05) is 29.2 Å². The molecule has 3 nitrogen and oxygen atoms in total. The fourth-order valence-electron chi connectivity index (χ4n) is 1.42. The van der Waals surface area contributed by atoms with E-state index in [1.165, 1.54) is 0 Å². The molecule has 0 amide bonds. The third kappa shape index (κ3) is 1.44. The van der Waals surface area contributed by atoms with Crippen LogP contribution in [0, 0.1) is 6.92 Å². The molecule has 2 N–H and O–H groups in total. The summed E-state index contributed by atoms with van der Waals surface area (Å²) in [4.78, 5) is 8.18. The van der Waals surface area contributed by atoms with Crippen LogP contribution in [0.3, 0.4) is 0 Å². The lowest BCUT2D eigenvalue weighted by atomic mass is 10.0. The summed E-state index contributed by atoms with van der Waals surface area (Å²) < 4.78 is 0. The van der Waals surface area contributed by atoms with Gasteiger partial charge in [-0.1, -0.05) is 6.07 Å². The predicted octanol–water partition coefficient (Wildman–Crippen LogP) is 2.03. The lowest BCUT2D eigenvalue weighted by Crippen LogP contribution is -1.93. The fourth-order valence-corrected chi connectivity index (χ4v) is 1.42. The highest BCUT2D eigenvalue weighted by Gasteiger charge is 2.04. The Labute approximate surface area is 82.6 Å². The van der Waals surface area contributed by atoms with E-state index in [4.69, 9.17) is 5.73 Å². The number of nitrogens with zero attached hydrogens (tertiary/aromatic N) is 2. The van der Waals surface area contributed by atoms with Crippen LogP contribution in [0.25, 0.3) is 11.1 Å². The molecular formula is C11H11N3. The second kappa shape index (κ2) is 3.46. The summed E-state index contributed by atoms with van der Waals surface area (Å²) in [6, 6.07) is 5.82. The van der Waals surface area contributed by atoms with Crippen LogP contribution >= 0.6 is 0 Å². The molecule has 0 aromatic carbocycles. The highest BCUT2D eigenvalue weighted by molar-refractivity contribution is 5.76. The minimum atomic E-state index is 0.684. The van der Waals surface area contributed by atoms with Crippen LogP contribution in [0.4, 0.5) is 5.69 Å². The zero-order valence-corrected chi connectivity index (χ0v) is 7.94. The number of nitrogens with two attached hydrogens (primary N) is 1. The summed E-state index contributed by atoms with van der Waals surface area (Å²) in [7, 11) is 0. The lowest BCUT2D eigenvalue weighted by Gasteiger charge is -2.06. The monoisotopic (exact) mass is 185 g/mol. The number of hydrogen-bond acceptors (Lipinski definition) is 3. The molecule has 2 aromatic heterocycles. The molecule has 2 heterocycles. The van der Waals surface area contributed by atoms with E-state index in [0.717, 1.165) is 16.8 Å². The highest BCUT2D eigenvalue weighted by atomic mass is 14.7. The third-order valence-electron chi connectivity index (χ3n) is 2.15. The SMILES string of the molecule is Cc1ncccc1-c1ccncc1N. The van der Waals surface area contributed by atoms with Gasteiger partial charge < -0.3 is 5.73 Å². The van der Waals surface area contributed by atoms with Crippen molar-refractivity contribution in [2.75, 3.05) is 5.73 Å². The van der Waals surface area contributed by atoms with Gasteiger partial charge in [0.25, 0.3) is 0 Å². The van der Waals surface area contributed by atoms with Gasteiger partial charge in [0.2, 0.25) is 0 Å². The van der Waals surface area contributed by atoms with Crippen LogP contribution in [0.5, 0.6) is 0 Å². The number of pyridine rings is 2. The van der Waals surface area contributed by atoms with Gasteiger partial charge in [-0.25, -0.2) is 0 Å². The number of hydrogen-bond donors (Lipinski definition) is 1. The largest absolute Gasteiger partial charge is 0.397 e. The Morgan fingerprint density at radius 1 is 1.14 bits per heavy atom. The van der Waals surface area contributed by atoms with Crippen LogP contribution in [0.1, 0.15) is 5.69 Å². The van der Waals surface area contributed by atoms with Crippen LogP contribution in [0.15, 0.2) is 36.8 Å². The molecule has 0 radical (unpaired) electrons. The zero-order valence-electron chi connectivity index (χ0n) is 7.94. The van der Waals surface area contributed by atoms with Crippen LogP contribution in [-0.4, -0.2) is 9.97 Å². The van der Waals surface area contributed by atoms with Gasteiger partial charge >= 0.3 is 0 Å². The summed E-state index contributed by atoms with van der Waals surface area (Å²) in [5, 5.41) is 0. The molecule has 0 saturated heterocycles. The van der Waals surface area contributed by atoms with Crippen LogP contribution < -0.4 is 5.73 Å². The Hall–Kier alpha value is -1.90. The van der Waals surface area contributed by atoms with Crippen molar-refractivity contribution in [2.24, 2.45) is 0 Å². The summed E-state index contributed by atoms with van der Waals surface area (Å²) in [5.41, 5.74) is 9.55. The average molecular weight is 185 g/mol. The van der Waals surface area contributed by atoms with E-state index in [0.29, 0.717) is 5.69 Å². The van der Waals surface area contributed by atoms with Crippen LogP contribution in [0.2, 0.25) is 0 Å². The number of nitrogen functional groups attached to an aromatic ring is 1. The van der Waals surface area contributed by atoms with Gasteiger partial charge in [-0.15, -0.1) is 0 Å². The summed E-state index contributed by atoms with van der Waals surface area (Å²) >= 11 is 0. The molecule has 0 aliphatic rings. The van der Waals surface area contributed by atoms with Crippen molar-refractivity contribution in [3.05, 3.63) is 42.5 Å². The molecular weight excluding hydrogens is 174 g/mol. The van der Waals surface area contributed by atoms with Crippen molar-refractivity contribution < 1.29 is 0 Å². The van der Waals surface area contributed by atoms with E-state index in [9.17, 15) is 0 Å². The van der Waals surface area contributed by atoms with Gasteiger partial charge in [-0.3, -0.25) is 9.97 Å². The van der Waals surface area contributed by atoms with E-state index >= 15 is 0 Å². The van der Waals surface area contributed by atoms with Crippen LogP contribution in [-0.2, 0) is 0 Å². The number of aryl methyl sites for hydroxylation is 1. The molecule has 70 valence electrons. The Balaban J connectivity index is 2.61. The molecule has 0 fully saturated rings. The highest BCUT2D eigenvalue weighted by Crippen LogP contribution is 2.25. The second-order valence-electron chi connectivity index (χ2n) is 3.10. The molecule has 0 bridgehead atoms. The zero-order chi connectivity index (χ0) is 9.97. The summed E-state index contributed by atoms with van der Waals surface area (Å²) in [6.45, 7) is 1.97. The second-order valence-corrected chi connectivity index (χ2v) is 3.10. The normalized spacial score (nSPS) is 10.1. The molecule has 0 saturated carbocycles. The molecule has 3 heteroatoms. The van der Waals surface area contributed by atoms with E-state index in [2.05, 4.69) is 9.97 Å². The Kier molecular flexibility index (Phi) is 2.14. The quantitative estimate of drug-likeness (QED) is 0.739. The maximum absolute atomic E-state index is 5.83.